The number of benzene rings is 2. The second-order valence-corrected chi connectivity index (χ2v) is 7.21. The molecule has 0 unspecified atom stereocenters. The summed E-state index contributed by atoms with van der Waals surface area (Å²) in [5.74, 6) is 0. The van der Waals surface area contributed by atoms with Gasteiger partial charge in [-0.2, -0.15) is 0 Å². The van der Waals surface area contributed by atoms with E-state index in [1.54, 1.807) is 0 Å². The van der Waals surface area contributed by atoms with Gasteiger partial charge in [0.15, 0.2) is 0 Å². The monoisotopic (exact) mass is 359 g/mol. The molecule has 1 aromatic heterocycles. The van der Waals surface area contributed by atoms with Crippen molar-refractivity contribution < 1.29 is 4.79 Å². The van der Waals surface area contributed by atoms with E-state index in [0.717, 1.165) is 29.1 Å². The predicted octanol–water partition coefficient (Wildman–Crippen LogP) is 5.59. The van der Waals surface area contributed by atoms with Crippen molar-refractivity contribution in [2.24, 2.45) is 0 Å². The number of amides is 2. The minimum absolute atomic E-state index is 0.0268. The summed E-state index contributed by atoms with van der Waals surface area (Å²) in [6, 6.07) is 18.5. The van der Waals surface area contributed by atoms with Gasteiger partial charge >= 0.3 is 6.03 Å². The fourth-order valence-corrected chi connectivity index (χ4v) is 3.88. The third kappa shape index (κ3) is 3.12. The smallest absolute Gasteiger partial charge is 0.318 e. The molecule has 0 saturated heterocycles. The topological polar surface area (TPSA) is 37.3 Å². The summed E-state index contributed by atoms with van der Waals surface area (Å²) in [4.78, 5) is 15.2. The molecule has 2 heterocycles. The zero-order valence-corrected chi connectivity index (χ0v) is 16.1. The van der Waals surface area contributed by atoms with Crippen LogP contribution in [0.5, 0.6) is 0 Å². The summed E-state index contributed by atoms with van der Waals surface area (Å²) in [5.41, 5.74) is 6.69. The first-order valence-electron chi connectivity index (χ1n) is 9.49. The Morgan fingerprint density at radius 3 is 2.67 bits per heavy atom. The highest BCUT2D eigenvalue weighted by Crippen LogP contribution is 2.34. The van der Waals surface area contributed by atoms with Gasteiger partial charge in [-0.05, 0) is 67.3 Å². The highest BCUT2D eigenvalue weighted by molar-refractivity contribution is 5.90. The number of para-hydroxylation sites is 1. The quantitative estimate of drug-likeness (QED) is 0.636. The van der Waals surface area contributed by atoms with Gasteiger partial charge in [0.2, 0.25) is 0 Å². The minimum Gasteiger partial charge on any atom is -0.318 e. The van der Waals surface area contributed by atoms with Crippen LogP contribution in [0.4, 0.5) is 10.5 Å². The SMILES string of the molecule is CC[C@@H]1c2cccn2-c2ccccc2CN1C(=O)Nc1ccc(C)c(C)c1. The summed E-state index contributed by atoms with van der Waals surface area (Å²) in [6.07, 6.45) is 2.94. The van der Waals surface area contributed by atoms with Crippen LogP contribution < -0.4 is 5.32 Å². The number of fused-ring (bicyclic) bond motifs is 3. The molecule has 1 N–H and O–H groups in total. The molecule has 0 radical (unpaired) electrons. The molecule has 1 atom stereocenters. The van der Waals surface area contributed by atoms with Gasteiger partial charge in [0, 0.05) is 17.6 Å². The number of rotatable bonds is 2. The van der Waals surface area contributed by atoms with Crippen LogP contribution in [0, 0.1) is 13.8 Å². The first-order chi connectivity index (χ1) is 13.1. The molecular formula is C23H25N3O. The van der Waals surface area contributed by atoms with Crippen molar-refractivity contribution >= 4 is 11.7 Å². The molecule has 1 aliphatic heterocycles. The van der Waals surface area contributed by atoms with Gasteiger partial charge in [-0.1, -0.05) is 31.2 Å². The van der Waals surface area contributed by atoms with E-state index in [-0.39, 0.29) is 12.1 Å². The first kappa shape index (κ1) is 17.4. The van der Waals surface area contributed by atoms with E-state index in [9.17, 15) is 4.79 Å². The van der Waals surface area contributed by atoms with Gasteiger partial charge in [0.05, 0.1) is 18.3 Å². The lowest BCUT2D eigenvalue weighted by atomic mass is 10.1. The lowest BCUT2D eigenvalue weighted by Gasteiger charge is -2.30. The summed E-state index contributed by atoms with van der Waals surface area (Å²) in [5, 5.41) is 3.10. The fourth-order valence-electron chi connectivity index (χ4n) is 3.88. The number of aromatic nitrogens is 1. The second kappa shape index (κ2) is 6.95. The fraction of sp³-hybridized carbons (Fsp3) is 0.261. The van der Waals surface area contributed by atoms with Crippen LogP contribution in [-0.2, 0) is 6.54 Å². The summed E-state index contributed by atoms with van der Waals surface area (Å²) >= 11 is 0. The van der Waals surface area contributed by atoms with Crippen LogP contribution in [0.3, 0.4) is 0 Å². The Kier molecular flexibility index (Phi) is 4.48. The maximum Gasteiger partial charge on any atom is 0.322 e. The number of nitrogens with zero attached hydrogens (tertiary/aromatic N) is 2. The molecule has 0 fully saturated rings. The molecule has 1 aliphatic rings. The summed E-state index contributed by atoms with van der Waals surface area (Å²) in [6.45, 7) is 6.87. The molecule has 138 valence electrons. The number of carbonyl (C=O) groups excluding carboxylic acids is 1. The van der Waals surface area contributed by atoms with Crippen LogP contribution >= 0.6 is 0 Å². The maximum absolute atomic E-state index is 13.2. The molecule has 0 aliphatic carbocycles. The number of hydrogen-bond donors (Lipinski definition) is 1. The van der Waals surface area contributed by atoms with Gasteiger partial charge < -0.3 is 14.8 Å². The average molecular weight is 359 g/mol. The molecular weight excluding hydrogens is 334 g/mol. The van der Waals surface area contributed by atoms with E-state index < -0.39 is 0 Å². The van der Waals surface area contributed by atoms with Crippen LogP contribution in [-0.4, -0.2) is 15.5 Å². The molecule has 2 aromatic carbocycles. The van der Waals surface area contributed by atoms with Gasteiger partial charge in [-0.3, -0.25) is 0 Å². The van der Waals surface area contributed by atoms with Crippen molar-refractivity contribution in [3.05, 3.63) is 83.2 Å². The molecule has 2 amide bonds. The minimum atomic E-state index is -0.0606. The molecule has 4 heteroatoms. The zero-order chi connectivity index (χ0) is 19.0. The predicted molar refractivity (Wildman–Crippen MR) is 109 cm³/mol. The number of anilines is 1. The number of urea groups is 1. The number of aryl methyl sites for hydroxylation is 2. The second-order valence-electron chi connectivity index (χ2n) is 7.21. The van der Waals surface area contributed by atoms with Crippen LogP contribution in [0.15, 0.2) is 60.8 Å². The number of carbonyl (C=O) groups is 1. The Balaban J connectivity index is 1.71. The Morgan fingerprint density at radius 1 is 1.07 bits per heavy atom. The third-order valence-electron chi connectivity index (χ3n) is 5.50. The maximum atomic E-state index is 13.2. The lowest BCUT2D eigenvalue weighted by Crippen LogP contribution is -2.37. The van der Waals surface area contributed by atoms with Crippen molar-refractivity contribution in [3.63, 3.8) is 0 Å². The van der Waals surface area contributed by atoms with Crippen molar-refractivity contribution in [2.45, 2.75) is 39.8 Å². The lowest BCUT2D eigenvalue weighted by molar-refractivity contribution is 0.181. The number of hydrogen-bond acceptors (Lipinski definition) is 1. The average Bonchev–Trinajstić information content (AvgIpc) is 3.09. The summed E-state index contributed by atoms with van der Waals surface area (Å²) in [7, 11) is 0. The van der Waals surface area contributed by atoms with Gasteiger partial charge in [0.1, 0.15) is 0 Å². The van der Waals surface area contributed by atoms with E-state index in [1.807, 2.05) is 35.2 Å². The number of nitrogens with one attached hydrogen (secondary N) is 1. The van der Waals surface area contributed by atoms with Gasteiger partial charge in [-0.25, -0.2) is 4.79 Å². The molecule has 3 aromatic rings. The molecule has 27 heavy (non-hydrogen) atoms. The Bertz CT molecular complexity index is 989. The van der Waals surface area contributed by atoms with Crippen molar-refractivity contribution in [3.8, 4) is 5.69 Å². The molecule has 4 rings (SSSR count). The molecule has 4 nitrogen and oxygen atoms in total. The normalized spacial score (nSPS) is 15.7. The van der Waals surface area contributed by atoms with Crippen molar-refractivity contribution in [2.75, 3.05) is 5.32 Å². The van der Waals surface area contributed by atoms with E-state index in [4.69, 9.17) is 0 Å². The highest BCUT2D eigenvalue weighted by Gasteiger charge is 2.30. The molecule has 0 spiro atoms. The molecule has 0 bridgehead atoms. The van der Waals surface area contributed by atoms with E-state index in [1.165, 1.54) is 11.1 Å². The van der Waals surface area contributed by atoms with Crippen LogP contribution in [0.25, 0.3) is 5.69 Å². The van der Waals surface area contributed by atoms with Crippen LogP contribution in [0.2, 0.25) is 0 Å². The third-order valence-corrected chi connectivity index (χ3v) is 5.50. The van der Waals surface area contributed by atoms with E-state index >= 15 is 0 Å². The Morgan fingerprint density at radius 2 is 1.89 bits per heavy atom. The first-order valence-corrected chi connectivity index (χ1v) is 9.49. The molecule has 0 saturated carbocycles. The van der Waals surface area contributed by atoms with Gasteiger partial charge in [-0.15, -0.1) is 0 Å². The zero-order valence-electron chi connectivity index (χ0n) is 16.1. The van der Waals surface area contributed by atoms with Gasteiger partial charge in [0.25, 0.3) is 0 Å². The van der Waals surface area contributed by atoms with Crippen molar-refractivity contribution in [1.82, 2.24) is 9.47 Å². The van der Waals surface area contributed by atoms with Crippen molar-refractivity contribution in [1.29, 1.82) is 0 Å². The van der Waals surface area contributed by atoms with Crippen LogP contribution in [0.1, 0.15) is 41.8 Å². The summed E-state index contributed by atoms with van der Waals surface area (Å²) < 4.78 is 2.22. The Hall–Kier alpha value is -3.01. The van der Waals surface area contributed by atoms with E-state index in [0.29, 0.717) is 6.54 Å². The highest BCUT2D eigenvalue weighted by atomic mass is 16.2. The standard InChI is InChI=1S/C23H25N3O/c1-4-20-22-10-7-13-25(22)21-9-6-5-8-18(21)15-26(20)23(27)24-19-12-11-16(2)17(3)14-19/h5-14,20H,4,15H2,1-3H3,(H,24,27)/t20-/m1/s1. The van der Waals surface area contributed by atoms with E-state index in [2.05, 4.69) is 61.1 Å². The largest absolute Gasteiger partial charge is 0.322 e. The Labute approximate surface area is 160 Å².